The summed E-state index contributed by atoms with van der Waals surface area (Å²) in [5, 5.41) is 7.12. The second-order valence-corrected chi connectivity index (χ2v) is 8.78. The number of hydrogen-bond donors (Lipinski definition) is 1. The number of carboxylic acids is 1. The molecule has 3 saturated heterocycles. The maximum Gasteiger partial charge on any atom is 0.490 e. The Morgan fingerprint density at radius 2 is 1.74 bits per heavy atom. The molecule has 1 aromatic rings. The van der Waals surface area contributed by atoms with Gasteiger partial charge in [-0.1, -0.05) is 0 Å². The zero-order chi connectivity index (χ0) is 25.8. The SMILES string of the molecule is O=C(Cc1ccc(F)cn1)N1CC[C@H]2OCC[C@@]2(C(=O)N2CCC(F)CC2)C1.O=C(O)C(F)(F)F. The number of pyridine rings is 1. The predicted octanol–water partition coefficient (Wildman–Crippen LogP) is 2.36. The first kappa shape index (κ1) is 26.8. The molecule has 0 aliphatic carbocycles. The fourth-order valence-electron chi connectivity index (χ4n) is 4.61. The Morgan fingerprint density at radius 1 is 1.11 bits per heavy atom. The number of aliphatic carboxylic acids is 1. The molecule has 1 aromatic heterocycles. The summed E-state index contributed by atoms with van der Waals surface area (Å²) in [4.78, 5) is 42.5. The Morgan fingerprint density at radius 3 is 2.31 bits per heavy atom. The molecular formula is C22H26F5N3O5. The maximum absolute atomic E-state index is 13.5. The molecule has 1 N–H and O–H groups in total. The van der Waals surface area contributed by atoms with Gasteiger partial charge in [0.2, 0.25) is 11.8 Å². The number of nitrogens with zero attached hydrogens (tertiary/aromatic N) is 3. The highest BCUT2D eigenvalue weighted by atomic mass is 19.4. The van der Waals surface area contributed by atoms with Crippen molar-refractivity contribution in [3.63, 3.8) is 0 Å². The summed E-state index contributed by atoms with van der Waals surface area (Å²) in [6.45, 7) is 2.17. The number of rotatable bonds is 3. The van der Waals surface area contributed by atoms with Gasteiger partial charge in [-0.05, 0) is 37.8 Å². The number of halogens is 5. The van der Waals surface area contributed by atoms with Crippen LogP contribution < -0.4 is 0 Å². The highest BCUT2D eigenvalue weighted by molar-refractivity contribution is 5.86. The molecule has 0 saturated carbocycles. The average Bonchev–Trinajstić information content (AvgIpc) is 3.25. The molecule has 4 rings (SSSR count). The van der Waals surface area contributed by atoms with Crippen molar-refractivity contribution < 1.29 is 46.2 Å². The highest BCUT2D eigenvalue weighted by Crippen LogP contribution is 2.43. The molecule has 194 valence electrons. The van der Waals surface area contributed by atoms with Gasteiger partial charge in [0.05, 0.1) is 24.1 Å². The van der Waals surface area contributed by atoms with Gasteiger partial charge < -0.3 is 19.6 Å². The quantitative estimate of drug-likeness (QED) is 0.631. The molecule has 0 spiro atoms. The number of hydrogen-bond acceptors (Lipinski definition) is 5. The third-order valence-corrected chi connectivity index (χ3v) is 6.47. The van der Waals surface area contributed by atoms with E-state index in [-0.39, 0.29) is 24.3 Å². The third kappa shape index (κ3) is 6.44. The van der Waals surface area contributed by atoms with Crippen LogP contribution in [0.5, 0.6) is 0 Å². The van der Waals surface area contributed by atoms with Crippen LogP contribution in [0.3, 0.4) is 0 Å². The zero-order valence-electron chi connectivity index (χ0n) is 18.8. The van der Waals surface area contributed by atoms with Gasteiger partial charge >= 0.3 is 12.1 Å². The van der Waals surface area contributed by atoms with E-state index in [0.717, 1.165) is 6.20 Å². The average molecular weight is 507 g/mol. The van der Waals surface area contributed by atoms with Crippen molar-refractivity contribution in [3.05, 3.63) is 29.8 Å². The number of carbonyl (C=O) groups excluding carboxylic acids is 2. The van der Waals surface area contributed by atoms with Crippen molar-refractivity contribution in [2.75, 3.05) is 32.8 Å². The monoisotopic (exact) mass is 507 g/mol. The van der Waals surface area contributed by atoms with Crippen LogP contribution in [0.2, 0.25) is 0 Å². The van der Waals surface area contributed by atoms with Gasteiger partial charge in [0, 0.05) is 38.5 Å². The number of alkyl halides is 4. The van der Waals surface area contributed by atoms with Crippen LogP contribution in [0, 0.1) is 11.2 Å². The number of piperidine rings is 2. The van der Waals surface area contributed by atoms with Crippen molar-refractivity contribution >= 4 is 17.8 Å². The molecule has 13 heteroatoms. The fraction of sp³-hybridized carbons (Fsp3) is 0.636. The maximum atomic E-state index is 13.5. The van der Waals surface area contributed by atoms with Crippen LogP contribution >= 0.6 is 0 Å². The molecule has 3 aliphatic rings. The third-order valence-electron chi connectivity index (χ3n) is 6.47. The molecule has 0 aromatic carbocycles. The lowest BCUT2D eigenvalue weighted by Crippen LogP contribution is -2.60. The van der Waals surface area contributed by atoms with Crippen molar-refractivity contribution in [1.29, 1.82) is 0 Å². The number of ether oxygens (including phenoxy) is 1. The summed E-state index contributed by atoms with van der Waals surface area (Å²) in [5.74, 6) is -3.34. The van der Waals surface area contributed by atoms with Crippen LogP contribution in [0.1, 0.15) is 31.4 Å². The smallest absolute Gasteiger partial charge is 0.475 e. The van der Waals surface area contributed by atoms with E-state index in [1.807, 2.05) is 0 Å². The molecule has 0 unspecified atom stereocenters. The minimum Gasteiger partial charge on any atom is -0.475 e. The molecule has 0 radical (unpaired) electrons. The molecule has 3 aliphatic heterocycles. The minimum atomic E-state index is -5.08. The molecule has 3 fully saturated rings. The van der Waals surface area contributed by atoms with Gasteiger partial charge in [0.1, 0.15) is 12.0 Å². The summed E-state index contributed by atoms with van der Waals surface area (Å²) in [7, 11) is 0. The van der Waals surface area contributed by atoms with Gasteiger partial charge in [-0.2, -0.15) is 13.2 Å². The molecule has 2 atom stereocenters. The molecule has 0 bridgehead atoms. The van der Waals surface area contributed by atoms with Crippen LogP contribution in [-0.2, 0) is 25.5 Å². The number of likely N-dealkylation sites (tertiary alicyclic amines) is 2. The summed E-state index contributed by atoms with van der Waals surface area (Å²) in [6, 6.07) is 2.78. The molecule has 4 heterocycles. The van der Waals surface area contributed by atoms with E-state index in [4.69, 9.17) is 14.6 Å². The van der Waals surface area contributed by atoms with Gasteiger partial charge in [0.15, 0.2) is 0 Å². The second-order valence-electron chi connectivity index (χ2n) is 8.78. The molecule has 35 heavy (non-hydrogen) atoms. The number of amides is 2. The van der Waals surface area contributed by atoms with Crippen LogP contribution in [0.15, 0.2) is 18.3 Å². The lowest BCUT2D eigenvalue weighted by Gasteiger charge is -2.45. The largest absolute Gasteiger partial charge is 0.490 e. The lowest BCUT2D eigenvalue weighted by atomic mass is 9.75. The van der Waals surface area contributed by atoms with Crippen LogP contribution in [0.25, 0.3) is 0 Å². The van der Waals surface area contributed by atoms with Crippen molar-refractivity contribution in [1.82, 2.24) is 14.8 Å². The topological polar surface area (TPSA) is 100 Å². The van der Waals surface area contributed by atoms with Crippen molar-refractivity contribution in [2.45, 2.75) is 50.6 Å². The first-order valence-electron chi connectivity index (χ1n) is 11.2. The van der Waals surface area contributed by atoms with E-state index in [2.05, 4.69) is 4.98 Å². The van der Waals surface area contributed by atoms with Crippen molar-refractivity contribution in [3.8, 4) is 0 Å². The van der Waals surface area contributed by atoms with Gasteiger partial charge in [-0.15, -0.1) is 0 Å². The van der Waals surface area contributed by atoms with E-state index >= 15 is 0 Å². The van der Waals surface area contributed by atoms with Gasteiger partial charge in [-0.3, -0.25) is 14.6 Å². The Kier molecular flexibility index (Phi) is 8.29. The molecular weight excluding hydrogens is 481 g/mol. The fourth-order valence-corrected chi connectivity index (χ4v) is 4.61. The standard InChI is InChI=1S/C20H25F2N3O3.C2HF3O2/c21-14-3-7-24(8-4-14)19(27)20-6-10-28-17(20)5-9-25(13-20)18(26)11-16-2-1-15(22)12-23-16;3-2(4,5)1(6)7/h1-2,12,14,17H,3-11,13H2;(H,6,7)/t17-,20-;/m1./s1. The van der Waals surface area contributed by atoms with E-state index < -0.39 is 29.5 Å². The second kappa shape index (κ2) is 10.8. The van der Waals surface area contributed by atoms with Crippen molar-refractivity contribution in [2.24, 2.45) is 5.41 Å². The Balaban J connectivity index is 0.000000429. The van der Waals surface area contributed by atoms with Gasteiger partial charge in [-0.25, -0.2) is 13.6 Å². The number of carboxylic acid groups (broad SMARTS) is 1. The first-order valence-corrected chi connectivity index (χ1v) is 11.2. The Bertz CT molecular complexity index is 921. The van der Waals surface area contributed by atoms with Gasteiger partial charge in [0.25, 0.3) is 0 Å². The zero-order valence-corrected chi connectivity index (χ0v) is 18.8. The van der Waals surface area contributed by atoms with Crippen LogP contribution in [-0.4, -0.2) is 88.9 Å². The normalized spacial score (nSPS) is 24.9. The Hall–Kier alpha value is -2.83. The molecule has 8 nitrogen and oxygen atoms in total. The predicted molar refractivity (Wildman–Crippen MR) is 110 cm³/mol. The summed E-state index contributed by atoms with van der Waals surface area (Å²) < 4.78 is 64.1. The van der Waals surface area contributed by atoms with E-state index in [1.54, 1.807) is 9.80 Å². The first-order chi connectivity index (χ1) is 16.4. The number of fused-ring (bicyclic) bond motifs is 1. The summed E-state index contributed by atoms with van der Waals surface area (Å²) in [6.07, 6.45) is -3.04. The highest BCUT2D eigenvalue weighted by Gasteiger charge is 2.55. The van der Waals surface area contributed by atoms with E-state index in [9.17, 15) is 31.5 Å². The van der Waals surface area contributed by atoms with E-state index in [0.29, 0.717) is 64.2 Å². The minimum absolute atomic E-state index is 0.0145. The number of carbonyl (C=O) groups is 3. The number of aromatic nitrogens is 1. The summed E-state index contributed by atoms with van der Waals surface area (Å²) >= 11 is 0. The lowest BCUT2D eigenvalue weighted by molar-refractivity contribution is -0.192. The summed E-state index contributed by atoms with van der Waals surface area (Å²) in [5.41, 5.74) is -0.241. The Labute approximate surface area is 198 Å². The van der Waals surface area contributed by atoms with Crippen LogP contribution in [0.4, 0.5) is 22.0 Å². The molecule has 2 amide bonds. The van der Waals surface area contributed by atoms with E-state index in [1.165, 1.54) is 12.1 Å².